The zero-order valence-electron chi connectivity index (χ0n) is 17.4. The number of rotatable bonds is 6. The Kier molecular flexibility index (Phi) is 6.47. The normalized spacial score (nSPS) is 11.3. The van der Waals surface area contributed by atoms with Crippen LogP contribution in [0.25, 0.3) is 10.9 Å². The molecule has 0 atom stereocenters. The molecule has 1 aromatic heterocycles. The lowest BCUT2D eigenvalue weighted by Crippen LogP contribution is -2.12. The molecule has 0 unspecified atom stereocenters. The maximum absolute atomic E-state index is 13.2. The highest BCUT2D eigenvalue weighted by Crippen LogP contribution is 2.35. The fraction of sp³-hybridized carbons (Fsp3) is 0.0833. The molecule has 34 heavy (non-hydrogen) atoms. The molecule has 172 valence electrons. The first-order valence-corrected chi connectivity index (χ1v) is 10.3. The number of carbonyl (C=O) groups excluding carboxylic acids is 2. The summed E-state index contributed by atoms with van der Waals surface area (Å²) in [6.07, 6.45) is -2.74. The van der Waals surface area contributed by atoms with Crippen LogP contribution in [0, 0.1) is 0 Å². The Morgan fingerprint density at radius 2 is 1.79 bits per heavy atom. The molecule has 0 saturated heterocycles. The van der Waals surface area contributed by atoms with Crippen LogP contribution in [0.3, 0.4) is 0 Å². The second-order valence-electron chi connectivity index (χ2n) is 7.29. The molecule has 1 heterocycles. The molecule has 10 heteroatoms. The minimum atomic E-state index is -4.58. The van der Waals surface area contributed by atoms with Crippen LogP contribution in [0.5, 0.6) is 0 Å². The number of aldehydes is 1. The van der Waals surface area contributed by atoms with Crippen LogP contribution in [0.1, 0.15) is 31.8 Å². The summed E-state index contributed by atoms with van der Waals surface area (Å²) in [5, 5.41) is 5.74. The van der Waals surface area contributed by atoms with Gasteiger partial charge in [-0.1, -0.05) is 35.9 Å². The van der Waals surface area contributed by atoms with Crippen molar-refractivity contribution in [2.75, 3.05) is 10.6 Å². The number of anilines is 2. The van der Waals surface area contributed by atoms with E-state index in [1.165, 1.54) is 24.5 Å². The van der Waals surface area contributed by atoms with Crippen molar-refractivity contribution in [1.82, 2.24) is 9.97 Å². The summed E-state index contributed by atoms with van der Waals surface area (Å²) in [5.41, 5.74) is 0.713. The van der Waals surface area contributed by atoms with Crippen molar-refractivity contribution in [3.05, 3.63) is 94.3 Å². The first-order valence-electron chi connectivity index (χ1n) is 9.96. The molecule has 4 rings (SSSR count). The molecule has 0 bridgehead atoms. The van der Waals surface area contributed by atoms with Gasteiger partial charge in [-0.25, -0.2) is 9.97 Å². The molecule has 0 aliphatic rings. The van der Waals surface area contributed by atoms with Crippen LogP contribution < -0.4 is 10.6 Å². The third-order valence-electron chi connectivity index (χ3n) is 4.99. The first-order chi connectivity index (χ1) is 16.3. The summed E-state index contributed by atoms with van der Waals surface area (Å²) >= 11 is 5.68. The van der Waals surface area contributed by atoms with E-state index in [0.717, 1.165) is 6.07 Å². The van der Waals surface area contributed by atoms with E-state index in [0.29, 0.717) is 34.0 Å². The quantitative estimate of drug-likeness (QED) is 0.329. The Balaban J connectivity index is 1.65. The number of aromatic nitrogens is 2. The van der Waals surface area contributed by atoms with Crippen molar-refractivity contribution < 1.29 is 22.8 Å². The molecule has 2 N–H and O–H groups in total. The maximum atomic E-state index is 13.2. The van der Waals surface area contributed by atoms with Crippen LogP contribution in [0.2, 0.25) is 5.02 Å². The van der Waals surface area contributed by atoms with E-state index < -0.39 is 16.8 Å². The van der Waals surface area contributed by atoms with Gasteiger partial charge in [0, 0.05) is 28.7 Å². The fourth-order valence-corrected chi connectivity index (χ4v) is 3.60. The Bertz CT molecular complexity index is 1380. The van der Waals surface area contributed by atoms with Gasteiger partial charge in [0.15, 0.2) is 6.29 Å². The van der Waals surface area contributed by atoms with Crippen LogP contribution in [0.4, 0.5) is 24.7 Å². The van der Waals surface area contributed by atoms with E-state index in [1.807, 2.05) is 0 Å². The minimum absolute atomic E-state index is 0.00336. The topological polar surface area (TPSA) is 84.0 Å². The van der Waals surface area contributed by atoms with Crippen LogP contribution >= 0.6 is 11.6 Å². The number of carbonyl (C=O) groups is 2. The van der Waals surface area contributed by atoms with Gasteiger partial charge in [-0.05, 0) is 42.0 Å². The Morgan fingerprint density at radius 3 is 2.50 bits per heavy atom. The van der Waals surface area contributed by atoms with Crippen LogP contribution in [-0.4, -0.2) is 22.2 Å². The van der Waals surface area contributed by atoms with Crippen molar-refractivity contribution in [2.24, 2.45) is 0 Å². The van der Waals surface area contributed by atoms with E-state index in [2.05, 4.69) is 20.6 Å². The third kappa shape index (κ3) is 4.99. The lowest BCUT2D eigenvalue weighted by Gasteiger charge is -2.14. The fourth-order valence-electron chi connectivity index (χ4n) is 3.38. The van der Waals surface area contributed by atoms with Gasteiger partial charge in [0.05, 0.1) is 16.1 Å². The van der Waals surface area contributed by atoms with Gasteiger partial charge in [-0.2, -0.15) is 13.2 Å². The van der Waals surface area contributed by atoms with Gasteiger partial charge in [0.25, 0.3) is 5.91 Å². The van der Waals surface area contributed by atoms with Crippen molar-refractivity contribution in [2.45, 2.75) is 12.7 Å². The van der Waals surface area contributed by atoms with E-state index in [-0.39, 0.29) is 23.8 Å². The van der Waals surface area contributed by atoms with Crippen LogP contribution in [0.15, 0.2) is 67.0 Å². The average Bonchev–Trinajstić information content (AvgIpc) is 2.83. The number of nitrogens with zero attached hydrogens (tertiary/aromatic N) is 2. The molecule has 0 saturated carbocycles. The predicted molar refractivity (Wildman–Crippen MR) is 123 cm³/mol. The molecule has 0 radical (unpaired) electrons. The van der Waals surface area contributed by atoms with Crippen molar-refractivity contribution in [3.63, 3.8) is 0 Å². The Labute approximate surface area is 196 Å². The predicted octanol–water partition coefficient (Wildman–Crippen LogP) is 5.98. The van der Waals surface area contributed by atoms with Crippen LogP contribution in [-0.2, 0) is 12.7 Å². The zero-order valence-corrected chi connectivity index (χ0v) is 18.1. The number of amides is 1. The summed E-state index contributed by atoms with van der Waals surface area (Å²) in [6, 6.07) is 15.2. The number of benzene rings is 3. The monoisotopic (exact) mass is 484 g/mol. The number of halogens is 4. The van der Waals surface area contributed by atoms with Gasteiger partial charge in [-0.15, -0.1) is 0 Å². The van der Waals surface area contributed by atoms with E-state index >= 15 is 0 Å². The highest BCUT2D eigenvalue weighted by Gasteiger charge is 2.33. The highest BCUT2D eigenvalue weighted by molar-refractivity contribution is 6.31. The van der Waals surface area contributed by atoms with E-state index in [1.54, 1.807) is 36.4 Å². The third-order valence-corrected chi connectivity index (χ3v) is 5.31. The summed E-state index contributed by atoms with van der Waals surface area (Å²) < 4.78 is 39.5. The standard InChI is InChI=1S/C24H16ClF3N4O2/c25-20-7-6-14(8-19(20)24(26,27)28)11-29-22-18-10-17(9-16(12-33)21(18)30-13-31-22)32-23(34)15-4-2-1-3-5-15/h1-10,12-13H,11H2,(H,32,34)(H,29,30,31). The first kappa shape index (κ1) is 23.2. The average molecular weight is 485 g/mol. The Hall–Kier alpha value is -3.98. The van der Waals surface area contributed by atoms with Gasteiger partial charge in [-0.3, -0.25) is 9.59 Å². The lowest BCUT2D eigenvalue weighted by atomic mass is 10.1. The van der Waals surface area contributed by atoms with E-state index in [4.69, 9.17) is 11.6 Å². The van der Waals surface area contributed by atoms with Gasteiger partial charge in [0.1, 0.15) is 12.1 Å². The molecule has 0 aliphatic carbocycles. The lowest BCUT2D eigenvalue weighted by molar-refractivity contribution is -0.137. The molecular formula is C24H16ClF3N4O2. The zero-order chi connectivity index (χ0) is 24.3. The summed E-state index contributed by atoms with van der Waals surface area (Å²) in [7, 11) is 0. The summed E-state index contributed by atoms with van der Waals surface area (Å²) in [4.78, 5) is 32.5. The molecule has 0 spiro atoms. The number of alkyl halides is 3. The van der Waals surface area contributed by atoms with Gasteiger partial charge in [0.2, 0.25) is 0 Å². The maximum Gasteiger partial charge on any atom is 0.417 e. The van der Waals surface area contributed by atoms with Gasteiger partial charge < -0.3 is 10.6 Å². The van der Waals surface area contributed by atoms with Crippen molar-refractivity contribution in [3.8, 4) is 0 Å². The molecular weight excluding hydrogens is 469 g/mol. The number of nitrogens with one attached hydrogen (secondary N) is 2. The van der Waals surface area contributed by atoms with Crippen molar-refractivity contribution in [1.29, 1.82) is 0 Å². The second-order valence-corrected chi connectivity index (χ2v) is 7.69. The molecule has 0 aliphatic heterocycles. The number of hydrogen-bond donors (Lipinski definition) is 2. The number of hydrogen-bond acceptors (Lipinski definition) is 5. The Morgan fingerprint density at radius 1 is 1.03 bits per heavy atom. The molecule has 1 amide bonds. The molecule has 0 fully saturated rings. The van der Waals surface area contributed by atoms with Gasteiger partial charge >= 0.3 is 6.18 Å². The van der Waals surface area contributed by atoms with Crippen molar-refractivity contribution >= 4 is 46.2 Å². The summed E-state index contributed by atoms with van der Waals surface area (Å²) in [5.74, 6) is -0.0866. The number of fused-ring (bicyclic) bond motifs is 1. The molecule has 4 aromatic rings. The molecule has 6 nitrogen and oxygen atoms in total. The smallest absolute Gasteiger partial charge is 0.365 e. The summed E-state index contributed by atoms with van der Waals surface area (Å²) in [6.45, 7) is 0.00336. The van der Waals surface area contributed by atoms with E-state index in [9.17, 15) is 22.8 Å². The SMILES string of the molecule is O=Cc1cc(NC(=O)c2ccccc2)cc2c(NCc3ccc(Cl)c(C(F)(F)F)c3)ncnc12. The largest absolute Gasteiger partial charge is 0.417 e. The second kappa shape index (κ2) is 9.48. The highest BCUT2D eigenvalue weighted by atomic mass is 35.5. The minimum Gasteiger partial charge on any atom is -0.365 e. The molecule has 3 aromatic carbocycles.